The normalized spacial score (nSPS) is 15.9. The van der Waals surface area contributed by atoms with E-state index < -0.39 is 0 Å². The van der Waals surface area contributed by atoms with Crippen LogP contribution in [0.15, 0.2) is 82.7 Å². The molecule has 182 valence electrons. The van der Waals surface area contributed by atoms with E-state index in [4.69, 9.17) is 4.98 Å². The second-order valence-corrected chi connectivity index (χ2v) is 11.4. The van der Waals surface area contributed by atoms with Crippen LogP contribution in [0.4, 0.5) is 0 Å². The fraction of sp³-hybridized carbons (Fsp3) is 0.312. The smallest absolute Gasteiger partial charge is 0.263 e. The Balaban J connectivity index is 1.60. The van der Waals surface area contributed by atoms with Crippen molar-refractivity contribution in [2.45, 2.75) is 68.7 Å². The van der Waals surface area contributed by atoms with Crippen LogP contribution in [-0.2, 0) is 17.6 Å². The van der Waals surface area contributed by atoms with Crippen molar-refractivity contribution in [2.24, 2.45) is 0 Å². The number of rotatable bonds is 4. The molecule has 4 aromatic rings. The van der Waals surface area contributed by atoms with Crippen LogP contribution in [-0.4, -0.2) is 9.55 Å². The van der Waals surface area contributed by atoms with E-state index in [1.165, 1.54) is 36.0 Å². The molecule has 1 spiro atoms. The third-order valence-corrected chi connectivity index (χ3v) is 9.16. The van der Waals surface area contributed by atoms with E-state index in [0.717, 1.165) is 58.2 Å². The summed E-state index contributed by atoms with van der Waals surface area (Å²) in [5, 5.41) is 0.777. The van der Waals surface area contributed by atoms with E-state index in [2.05, 4.69) is 74.5 Å². The summed E-state index contributed by atoms with van der Waals surface area (Å²) < 4.78 is 1.92. The van der Waals surface area contributed by atoms with E-state index >= 15 is 0 Å². The molecule has 4 heteroatoms. The third kappa shape index (κ3) is 3.92. The van der Waals surface area contributed by atoms with Crippen LogP contribution in [0.1, 0.15) is 59.9 Å². The van der Waals surface area contributed by atoms with Gasteiger partial charge in [0.05, 0.1) is 16.9 Å². The second-order valence-electron chi connectivity index (χ2n) is 10.4. The molecule has 0 amide bonds. The second kappa shape index (κ2) is 9.40. The summed E-state index contributed by atoms with van der Waals surface area (Å²) in [4.78, 5) is 20.0. The van der Waals surface area contributed by atoms with Crippen molar-refractivity contribution in [2.75, 3.05) is 0 Å². The lowest BCUT2D eigenvalue weighted by atomic mass is 9.62. The minimum Gasteiger partial charge on any atom is -0.268 e. The first-order chi connectivity index (χ1) is 17.6. The highest BCUT2D eigenvalue weighted by Gasteiger charge is 2.43. The zero-order valence-electron chi connectivity index (χ0n) is 21.1. The third-order valence-electron chi connectivity index (χ3n) is 8.17. The highest BCUT2D eigenvalue weighted by molar-refractivity contribution is 7.98. The molecular formula is C32H32N2OS. The Morgan fingerprint density at radius 1 is 0.861 bits per heavy atom. The summed E-state index contributed by atoms with van der Waals surface area (Å²) in [7, 11) is 0. The van der Waals surface area contributed by atoms with Gasteiger partial charge in [-0.15, -0.1) is 0 Å². The Labute approximate surface area is 217 Å². The summed E-state index contributed by atoms with van der Waals surface area (Å²) >= 11 is 1.67. The minimum atomic E-state index is -0.115. The number of benzene rings is 3. The first-order valence-corrected chi connectivity index (χ1v) is 14.1. The first-order valence-electron chi connectivity index (χ1n) is 13.1. The van der Waals surface area contributed by atoms with Crippen LogP contribution >= 0.6 is 11.8 Å². The van der Waals surface area contributed by atoms with Gasteiger partial charge in [-0.2, -0.15) is 0 Å². The van der Waals surface area contributed by atoms with E-state index in [1.54, 1.807) is 11.8 Å². The molecule has 36 heavy (non-hydrogen) atoms. The van der Waals surface area contributed by atoms with Crippen LogP contribution < -0.4 is 5.56 Å². The number of fused-ring (bicyclic) bond motifs is 4. The van der Waals surface area contributed by atoms with Crippen molar-refractivity contribution in [1.29, 1.82) is 0 Å². The van der Waals surface area contributed by atoms with E-state index in [9.17, 15) is 4.79 Å². The van der Waals surface area contributed by atoms with Crippen molar-refractivity contribution >= 4 is 11.8 Å². The monoisotopic (exact) mass is 492 g/mol. The lowest BCUT2D eigenvalue weighted by molar-refractivity contribution is 0.283. The van der Waals surface area contributed by atoms with Gasteiger partial charge in [-0.05, 0) is 61.4 Å². The van der Waals surface area contributed by atoms with Crippen molar-refractivity contribution in [3.8, 4) is 16.9 Å². The lowest BCUT2D eigenvalue weighted by Crippen LogP contribution is -2.43. The SMILES string of the molecule is Cc1ccccc1CSc1nc2c(c(=O)n1-c1ccccc1C)C1(CCCCC1)Cc1ccccc1-2. The van der Waals surface area contributed by atoms with Crippen LogP contribution in [0, 0.1) is 13.8 Å². The van der Waals surface area contributed by atoms with Gasteiger partial charge in [-0.25, -0.2) is 4.98 Å². The number of nitrogens with zero attached hydrogens (tertiary/aromatic N) is 2. The standard InChI is InChI=1S/C32H32N2OS/c1-22-12-4-6-15-25(22)21-36-31-33-29-26-16-8-7-14-24(26)20-32(18-10-3-11-19-32)28(29)30(35)34(31)27-17-9-5-13-23(27)2/h4-9,12-17H,3,10-11,18-21H2,1-2H3. The number of thioether (sulfide) groups is 1. The zero-order chi connectivity index (χ0) is 24.7. The van der Waals surface area contributed by atoms with Gasteiger partial charge in [-0.3, -0.25) is 9.36 Å². The highest BCUT2D eigenvalue weighted by Crippen LogP contribution is 2.49. The number of hydrogen-bond donors (Lipinski definition) is 0. The number of aromatic nitrogens is 2. The predicted octanol–water partition coefficient (Wildman–Crippen LogP) is 7.57. The molecule has 3 nitrogen and oxygen atoms in total. The van der Waals surface area contributed by atoms with Crippen molar-refractivity contribution in [1.82, 2.24) is 9.55 Å². The minimum absolute atomic E-state index is 0.115. The van der Waals surface area contributed by atoms with Crippen molar-refractivity contribution in [3.63, 3.8) is 0 Å². The van der Waals surface area contributed by atoms with Gasteiger partial charge in [0.25, 0.3) is 5.56 Å². The molecule has 0 bridgehead atoms. The number of hydrogen-bond acceptors (Lipinski definition) is 3. The first kappa shape index (κ1) is 23.3. The van der Waals surface area contributed by atoms with Crippen molar-refractivity contribution < 1.29 is 0 Å². The average Bonchev–Trinajstić information content (AvgIpc) is 2.89. The van der Waals surface area contributed by atoms with Crippen LogP contribution in [0.3, 0.4) is 0 Å². The van der Waals surface area contributed by atoms with Crippen molar-refractivity contribution in [3.05, 3.63) is 111 Å². The maximum absolute atomic E-state index is 14.7. The maximum atomic E-state index is 14.7. The predicted molar refractivity (Wildman–Crippen MR) is 149 cm³/mol. The van der Waals surface area contributed by atoms with Gasteiger partial charge >= 0.3 is 0 Å². The molecular weight excluding hydrogens is 460 g/mol. The molecule has 6 rings (SSSR count). The Kier molecular flexibility index (Phi) is 6.08. The highest BCUT2D eigenvalue weighted by atomic mass is 32.2. The molecule has 1 heterocycles. The molecule has 3 aromatic carbocycles. The fourth-order valence-corrected chi connectivity index (χ4v) is 7.30. The molecule has 2 aliphatic rings. The van der Waals surface area contributed by atoms with Crippen LogP contribution in [0.25, 0.3) is 16.9 Å². The van der Waals surface area contributed by atoms with Gasteiger partial charge in [0.1, 0.15) is 0 Å². The average molecular weight is 493 g/mol. The molecule has 0 radical (unpaired) electrons. The van der Waals surface area contributed by atoms with Crippen LogP contribution in [0.2, 0.25) is 0 Å². The molecule has 1 aromatic heterocycles. The van der Waals surface area contributed by atoms with Crippen LogP contribution in [0.5, 0.6) is 0 Å². The van der Waals surface area contributed by atoms with Gasteiger partial charge < -0.3 is 0 Å². The maximum Gasteiger partial charge on any atom is 0.263 e. The molecule has 0 atom stereocenters. The molecule has 0 N–H and O–H groups in total. The largest absolute Gasteiger partial charge is 0.268 e. The van der Waals surface area contributed by atoms with Gasteiger partial charge in [0.15, 0.2) is 5.16 Å². The Morgan fingerprint density at radius 2 is 1.56 bits per heavy atom. The van der Waals surface area contributed by atoms with Gasteiger partial charge in [0.2, 0.25) is 0 Å². The number of para-hydroxylation sites is 1. The Morgan fingerprint density at radius 3 is 2.33 bits per heavy atom. The summed E-state index contributed by atoms with van der Waals surface area (Å²) in [6, 6.07) is 25.3. The molecule has 0 saturated heterocycles. The summed E-state index contributed by atoms with van der Waals surface area (Å²) in [5.41, 5.74) is 8.91. The molecule has 1 fully saturated rings. The molecule has 0 aliphatic heterocycles. The quantitative estimate of drug-likeness (QED) is 0.218. The van der Waals surface area contributed by atoms with E-state index in [1.807, 2.05) is 16.7 Å². The fourth-order valence-electron chi connectivity index (χ4n) is 6.23. The lowest BCUT2D eigenvalue weighted by Gasteiger charge is -2.42. The molecule has 2 aliphatic carbocycles. The topological polar surface area (TPSA) is 34.9 Å². The summed E-state index contributed by atoms with van der Waals surface area (Å²) in [6.45, 7) is 4.23. The Bertz CT molecular complexity index is 1500. The van der Waals surface area contributed by atoms with Gasteiger partial charge in [-0.1, -0.05) is 97.8 Å². The Hall–Kier alpha value is -3.11. The zero-order valence-corrected chi connectivity index (χ0v) is 21.9. The van der Waals surface area contributed by atoms with E-state index in [0.29, 0.717) is 0 Å². The van der Waals surface area contributed by atoms with Gasteiger partial charge in [0, 0.05) is 16.7 Å². The number of aryl methyl sites for hydroxylation is 2. The molecule has 1 saturated carbocycles. The summed E-state index contributed by atoms with van der Waals surface area (Å²) in [5.74, 6) is 0.774. The van der Waals surface area contributed by atoms with E-state index in [-0.39, 0.29) is 11.0 Å². The molecule has 0 unspecified atom stereocenters. The summed E-state index contributed by atoms with van der Waals surface area (Å²) in [6.07, 6.45) is 6.67.